The van der Waals surface area contributed by atoms with Gasteiger partial charge in [-0.3, -0.25) is 0 Å². The van der Waals surface area contributed by atoms with Crippen molar-refractivity contribution in [3.8, 4) is 0 Å². The molecule has 1 heteroatoms. The number of benzene rings is 1. The van der Waals surface area contributed by atoms with Crippen LogP contribution in [0.15, 0.2) is 30.3 Å². The average Bonchev–Trinajstić information content (AvgIpc) is 2.34. The lowest BCUT2D eigenvalue weighted by Gasteiger charge is -2.44. The molecule has 0 heterocycles. The summed E-state index contributed by atoms with van der Waals surface area (Å²) >= 11 is 0. The molecule has 1 aromatic rings. The zero-order valence-electron chi connectivity index (χ0n) is 10.5. The Morgan fingerprint density at radius 3 is 2.62 bits per heavy atom. The summed E-state index contributed by atoms with van der Waals surface area (Å²) in [6.45, 7) is 5.67. The third kappa shape index (κ3) is 2.01. The van der Waals surface area contributed by atoms with E-state index in [1.165, 1.54) is 31.2 Å². The van der Waals surface area contributed by atoms with Gasteiger partial charge in [0, 0.05) is 5.54 Å². The lowest BCUT2D eigenvalue weighted by atomic mass is 9.69. The molecule has 0 bridgehead atoms. The van der Waals surface area contributed by atoms with Crippen LogP contribution in [-0.4, -0.2) is 6.54 Å². The number of hydrogen-bond acceptors (Lipinski definition) is 1. The second-order valence-electron chi connectivity index (χ2n) is 5.01. The van der Waals surface area contributed by atoms with Crippen LogP contribution in [-0.2, 0) is 5.54 Å². The Morgan fingerprint density at radius 2 is 2.00 bits per heavy atom. The summed E-state index contributed by atoms with van der Waals surface area (Å²) in [5, 5.41) is 3.76. The lowest BCUT2D eigenvalue weighted by Crippen LogP contribution is -2.49. The van der Waals surface area contributed by atoms with Crippen molar-refractivity contribution in [1.29, 1.82) is 0 Å². The molecule has 0 spiro atoms. The molecule has 1 N–H and O–H groups in total. The van der Waals surface area contributed by atoms with Gasteiger partial charge in [0.2, 0.25) is 0 Å². The Morgan fingerprint density at radius 1 is 1.25 bits per heavy atom. The fourth-order valence-electron chi connectivity index (χ4n) is 3.19. The van der Waals surface area contributed by atoms with E-state index in [9.17, 15) is 0 Å². The van der Waals surface area contributed by atoms with Crippen molar-refractivity contribution in [2.24, 2.45) is 5.92 Å². The molecular weight excluding hydrogens is 194 g/mol. The Hall–Kier alpha value is -0.820. The van der Waals surface area contributed by atoms with Gasteiger partial charge >= 0.3 is 0 Å². The SMILES string of the molecule is CCN[C@@]1(c2ccccc2)CCCCC1C. The first-order chi connectivity index (χ1) is 7.79. The zero-order valence-corrected chi connectivity index (χ0v) is 10.5. The van der Waals surface area contributed by atoms with Gasteiger partial charge in [-0.1, -0.05) is 57.0 Å². The van der Waals surface area contributed by atoms with Gasteiger partial charge in [0.1, 0.15) is 0 Å². The Labute approximate surface area is 99.3 Å². The minimum Gasteiger partial charge on any atom is -0.307 e. The van der Waals surface area contributed by atoms with Gasteiger partial charge in [0.05, 0.1) is 0 Å². The highest BCUT2D eigenvalue weighted by molar-refractivity contribution is 5.26. The largest absolute Gasteiger partial charge is 0.307 e. The molecule has 0 radical (unpaired) electrons. The van der Waals surface area contributed by atoms with Crippen LogP contribution in [0, 0.1) is 5.92 Å². The van der Waals surface area contributed by atoms with E-state index in [-0.39, 0.29) is 5.54 Å². The van der Waals surface area contributed by atoms with E-state index in [0.29, 0.717) is 0 Å². The highest BCUT2D eigenvalue weighted by Gasteiger charge is 2.38. The first-order valence-electron chi connectivity index (χ1n) is 6.60. The maximum atomic E-state index is 3.76. The van der Waals surface area contributed by atoms with Crippen LogP contribution < -0.4 is 5.32 Å². The van der Waals surface area contributed by atoms with Gasteiger partial charge in [-0.15, -0.1) is 0 Å². The molecule has 1 aliphatic carbocycles. The molecule has 0 saturated heterocycles. The Kier molecular flexibility index (Phi) is 3.65. The predicted octanol–water partition coefficient (Wildman–Crippen LogP) is 3.70. The molecule has 1 unspecified atom stereocenters. The van der Waals surface area contributed by atoms with Crippen LogP contribution in [0.1, 0.15) is 45.1 Å². The first-order valence-corrected chi connectivity index (χ1v) is 6.60. The van der Waals surface area contributed by atoms with Gasteiger partial charge in [-0.05, 0) is 30.9 Å². The quantitative estimate of drug-likeness (QED) is 0.814. The van der Waals surface area contributed by atoms with Crippen molar-refractivity contribution in [3.05, 3.63) is 35.9 Å². The zero-order chi connectivity index (χ0) is 11.4. The van der Waals surface area contributed by atoms with Crippen LogP contribution in [0.5, 0.6) is 0 Å². The fraction of sp³-hybridized carbons (Fsp3) is 0.600. The second-order valence-corrected chi connectivity index (χ2v) is 5.01. The highest BCUT2D eigenvalue weighted by atomic mass is 15.0. The smallest absolute Gasteiger partial charge is 0.0460 e. The Bertz CT molecular complexity index is 315. The summed E-state index contributed by atoms with van der Waals surface area (Å²) in [5.41, 5.74) is 1.71. The number of nitrogens with one attached hydrogen (secondary N) is 1. The molecule has 2 atom stereocenters. The molecule has 1 nitrogen and oxygen atoms in total. The summed E-state index contributed by atoms with van der Waals surface area (Å²) in [6, 6.07) is 11.0. The predicted molar refractivity (Wildman–Crippen MR) is 69.4 cm³/mol. The second kappa shape index (κ2) is 5.01. The molecule has 1 saturated carbocycles. The van der Waals surface area contributed by atoms with E-state index < -0.39 is 0 Å². The topological polar surface area (TPSA) is 12.0 Å². The maximum absolute atomic E-state index is 3.76. The van der Waals surface area contributed by atoms with Crippen LogP contribution in [0.3, 0.4) is 0 Å². The van der Waals surface area contributed by atoms with E-state index in [4.69, 9.17) is 0 Å². The molecule has 0 aliphatic heterocycles. The van der Waals surface area contributed by atoms with Crippen molar-refractivity contribution in [2.45, 2.75) is 45.1 Å². The van der Waals surface area contributed by atoms with E-state index in [0.717, 1.165) is 12.5 Å². The van der Waals surface area contributed by atoms with Gasteiger partial charge < -0.3 is 5.32 Å². The van der Waals surface area contributed by atoms with Gasteiger partial charge in [0.25, 0.3) is 0 Å². The molecular formula is C15H23N. The average molecular weight is 217 g/mol. The first kappa shape index (κ1) is 11.7. The third-order valence-corrected chi connectivity index (χ3v) is 4.08. The standard InChI is InChI=1S/C15H23N/c1-3-16-15(12-8-7-9-13(15)2)14-10-5-4-6-11-14/h4-6,10-11,13,16H,3,7-9,12H2,1-2H3/t13?,15-/m0/s1. The summed E-state index contributed by atoms with van der Waals surface area (Å²) in [5.74, 6) is 0.739. The van der Waals surface area contributed by atoms with E-state index >= 15 is 0 Å². The van der Waals surface area contributed by atoms with Crippen molar-refractivity contribution in [3.63, 3.8) is 0 Å². The van der Waals surface area contributed by atoms with Crippen LogP contribution >= 0.6 is 0 Å². The van der Waals surface area contributed by atoms with E-state index in [2.05, 4.69) is 49.5 Å². The van der Waals surface area contributed by atoms with Crippen molar-refractivity contribution < 1.29 is 0 Å². The van der Waals surface area contributed by atoms with Crippen LogP contribution in [0.25, 0.3) is 0 Å². The van der Waals surface area contributed by atoms with Gasteiger partial charge in [-0.25, -0.2) is 0 Å². The molecule has 2 rings (SSSR count). The van der Waals surface area contributed by atoms with Crippen molar-refractivity contribution in [2.75, 3.05) is 6.54 Å². The monoisotopic (exact) mass is 217 g/mol. The van der Waals surface area contributed by atoms with Gasteiger partial charge in [-0.2, -0.15) is 0 Å². The van der Waals surface area contributed by atoms with Gasteiger partial charge in [0.15, 0.2) is 0 Å². The maximum Gasteiger partial charge on any atom is 0.0460 e. The molecule has 0 amide bonds. The summed E-state index contributed by atoms with van der Waals surface area (Å²) in [6.07, 6.45) is 5.38. The fourth-order valence-corrected chi connectivity index (χ4v) is 3.19. The van der Waals surface area contributed by atoms with E-state index in [1.54, 1.807) is 0 Å². The minimum absolute atomic E-state index is 0.230. The molecule has 16 heavy (non-hydrogen) atoms. The van der Waals surface area contributed by atoms with E-state index in [1.807, 2.05) is 0 Å². The Balaban J connectivity index is 2.34. The molecule has 0 aromatic heterocycles. The molecule has 88 valence electrons. The van der Waals surface area contributed by atoms with Crippen molar-refractivity contribution in [1.82, 2.24) is 5.32 Å². The van der Waals surface area contributed by atoms with Crippen LogP contribution in [0.4, 0.5) is 0 Å². The molecule has 1 fully saturated rings. The third-order valence-electron chi connectivity index (χ3n) is 4.08. The summed E-state index contributed by atoms with van der Waals surface area (Å²) in [7, 11) is 0. The molecule has 1 aliphatic rings. The summed E-state index contributed by atoms with van der Waals surface area (Å²) in [4.78, 5) is 0. The lowest BCUT2D eigenvalue weighted by molar-refractivity contribution is 0.157. The highest BCUT2D eigenvalue weighted by Crippen LogP contribution is 2.41. The van der Waals surface area contributed by atoms with Crippen LogP contribution in [0.2, 0.25) is 0 Å². The molecule has 1 aromatic carbocycles. The number of rotatable bonds is 3. The summed E-state index contributed by atoms with van der Waals surface area (Å²) < 4.78 is 0. The number of hydrogen-bond donors (Lipinski definition) is 1. The van der Waals surface area contributed by atoms with Crippen molar-refractivity contribution >= 4 is 0 Å². The normalized spacial score (nSPS) is 30.2. The minimum atomic E-state index is 0.230.